The molecule has 3 rings (SSSR count). The highest BCUT2D eigenvalue weighted by molar-refractivity contribution is 7.89. The van der Waals surface area contributed by atoms with Gasteiger partial charge in [-0.25, -0.2) is 13.1 Å². The van der Waals surface area contributed by atoms with E-state index in [1.807, 2.05) is 17.5 Å². The van der Waals surface area contributed by atoms with Gasteiger partial charge in [-0.05, 0) is 36.9 Å². The van der Waals surface area contributed by atoms with Crippen LogP contribution in [0.3, 0.4) is 0 Å². The Kier molecular flexibility index (Phi) is 3.69. The Morgan fingerprint density at radius 1 is 1.29 bits per heavy atom. The van der Waals surface area contributed by atoms with E-state index in [2.05, 4.69) is 4.72 Å². The van der Waals surface area contributed by atoms with Gasteiger partial charge in [0.05, 0.1) is 4.90 Å². The zero-order valence-electron chi connectivity index (χ0n) is 11.4. The molecule has 1 N–H and O–H groups in total. The van der Waals surface area contributed by atoms with E-state index in [1.54, 1.807) is 23.5 Å². The third kappa shape index (κ3) is 3.07. The smallest absolute Gasteiger partial charge is 0.240 e. The minimum Gasteiger partial charge on any atom is -0.295 e. The van der Waals surface area contributed by atoms with Crippen molar-refractivity contribution in [3.05, 3.63) is 52.2 Å². The van der Waals surface area contributed by atoms with Crippen LogP contribution in [0.4, 0.5) is 0 Å². The van der Waals surface area contributed by atoms with Crippen LogP contribution in [0.1, 0.15) is 34.5 Å². The number of rotatable bonds is 5. The first kappa shape index (κ1) is 14.4. The lowest BCUT2D eigenvalue weighted by Gasteiger charge is -2.07. The summed E-state index contributed by atoms with van der Waals surface area (Å²) in [6.07, 6.45) is 0.826. The van der Waals surface area contributed by atoms with Crippen molar-refractivity contribution in [3.63, 3.8) is 0 Å². The first-order chi connectivity index (χ1) is 9.97. The van der Waals surface area contributed by atoms with Crippen LogP contribution in [0.25, 0.3) is 0 Å². The highest BCUT2D eigenvalue weighted by Gasteiger charge is 2.41. The van der Waals surface area contributed by atoms with Crippen molar-refractivity contribution < 1.29 is 13.2 Å². The lowest BCUT2D eigenvalue weighted by atomic mass is 10.2. The summed E-state index contributed by atoms with van der Waals surface area (Å²) in [6, 6.07) is 10.1. The van der Waals surface area contributed by atoms with Crippen molar-refractivity contribution in [2.45, 2.75) is 30.2 Å². The van der Waals surface area contributed by atoms with Crippen LogP contribution in [0.2, 0.25) is 0 Å². The molecule has 0 amide bonds. The van der Waals surface area contributed by atoms with Crippen molar-refractivity contribution in [3.8, 4) is 0 Å². The number of hydrogen-bond acceptors (Lipinski definition) is 4. The molecule has 0 spiro atoms. The van der Waals surface area contributed by atoms with Crippen molar-refractivity contribution in [2.24, 2.45) is 0 Å². The first-order valence-corrected chi connectivity index (χ1v) is 9.00. The summed E-state index contributed by atoms with van der Waals surface area (Å²) in [4.78, 5) is 12.7. The normalized spacial score (nSPS) is 21.2. The Morgan fingerprint density at radius 2 is 2.10 bits per heavy atom. The van der Waals surface area contributed by atoms with Crippen molar-refractivity contribution in [1.29, 1.82) is 0 Å². The van der Waals surface area contributed by atoms with E-state index in [0.717, 1.165) is 6.42 Å². The molecule has 21 heavy (non-hydrogen) atoms. The summed E-state index contributed by atoms with van der Waals surface area (Å²) >= 11 is 1.65. The van der Waals surface area contributed by atoms with Crippen LogP contribution in [-0.4, -0.2) is 20.2 Å². The number of sulfonamides is 1. The minimum absolute atomic E-state index is 0.0466. The molecule has 2 atom stereocenters. The first-order valence-electron chi connectivity index (χ1n) is 6.64. The van der Waals surface area contributed by atoms with Crippen molar-refractivity contribution >= 4 is 27.1 Å². The molecule has 0 aliphatic heterocycles. The number of carbonyl (C=O) groups excluding carboxylic acids is 1. The number of thiophene rings is 1. The predicted octanol–water partition coefficient (Wildman–Crippen LogP) is 2.79. The van der Waals surface area contributed by atoms with Crippen LogP contribution in [0, 0.1) is 0 Å². The number of carbonyl (C=O) groups is 1. The standard InChI is InChI=1S/C15H15NO3S2/c1-10(17)11-4-2-5-12(8-11)21(18,19)16-14-9-13(14)15-6-3-7-20-15/h2-8,13-14,16H,9H2,1H3. The highest BCUT2D eigenvalue weighted by atomic mass is 32.2. The van der Waals surface area contributed by atoms with E-state index < -0.39 is 10.0 Å². The zero-order chi connectivity index (χ0) is 15.0. The average molecular weight is 321 g/mol. The van der Waals surface area contributed by atoms with Gasteiger partial charge in [-0.3, -0.25) is 4.79 Å². The molecular formula is C15H15NO3S2. The van der Waals surface area contributed by atoms with Crippen LogP contribution >= 0.6 is 11.3 Å². The summed E-state index contributed by atoms with van der Waals surface area (Å²) in [7, 11) is -3.57. The Hall–Kier alpha value is -1.50. The van der Waals surface area contributed by atoms with E-state index in [4.69, 9.17) is 0 Å². The van der Waals surface area contributed by atoms with Crippen LogP contribution in [0.15, 0.2) is 46.7 Å². The lowest BCUT2D eigenvalue weighted by Crippen LogP contribution is -2.26. The van der Waals surface area contributed by atoms with Gasteiger partial charge in [-0.2, -0.15) is 0 Å². The van der Waals surface area contributed by atoms with Crippen molar-refractivity contribution in [2.75, 3.05) is 0 Å². The quantitative estimate of drug-likeness (QED) is 0.861. The monoisotopic (exact) mass is 321 g/mol. The summed E-state index contributed by atoms with van der Waals surface area (Å²) in [5.41, 5.74) is 0.406. The topological polar surface area (TPSA) is 63.2 Å². The van der Waals surface area contributed by atoms with E-state index in [9.17, 15) is 13.2 Å². The maximum absolute atomic E-state index is 12.4. The van der Waals surface area contributed by atoms with Crippen molar-refractivity contribution in [1.82, 2.24) is 4.72 Å². The number of benzene rings is 1. The van der Waals surface area contributed by atoms with E-state index in [0.29, 0.717) is 5.56 Å². The second kappa shape index (κ2) is 5.36. The maximum atomic E-state index is 12.4. The summed E-state index contributed by atoms with van der Waals surface area (Å²) in [5.74, 6) is 0.130. The summed E-state index contributed by atoms with van der Waals surface area (Å²) < 4.78 is 27.4. The van der Waals surface area contributed by atoms with Crippen LogP contribution < -0.4 is 4.72 Å². The molecule has 2 unspecified atom stereocenters. The molecule has 0 bridgehead atoms. The van der Waals surface area contributed by atoms with Gasteiger partial charge >= 0.3 is 0 Å². The second-order valence-electron chi connectivity index (χ2n) is 5.17. The fourth-order valence-corrected chi connectivity index (χ4v) is 4.53. The Labute approximate surface area is 127 Å². The van der Waals surface area contributed by atoms with Gasteiger partial charge in [0.1, 0.15) is 0 Å². The van der Waals surface area contributed by atoms with Gasteiger partial charge < -0.3 is 0 Å². The molecule has 6 heteroatoms. The molecule has 1 saturated carbocycles. The lowest BCUT2D eigenvalue weighted by molar-refractivity contribution is 0.101. The molecule has 1 fully saturated rings. The predicted molar refractivity (Wildman–Crippen MR) is 82.2 cm³/mol. The molecule has 4 nitrogen and oxygen atoms in total. The molecule has 110 valence electrons. The summed E-state index contributed by atoms with van der Waals surface area (Å²) in [6.45, 7) is 1.42. The fourth-order valence-electron chi connectivity index (χ4n) is 2.29. The molecule has 0 radical (unpaired) electrons. The van der Waals surface area contributed by atoms with Gasteiger partial charge in [-0.15, -0.1) is 11.3 Å². The van der Waals surface area contributed by atoms with Crippen LogP contribution in [0.5, 0.6) is 0 Å². The van der Waals surface area contributed by atoms with Crippen LogP contribution in [-0.2, 0) is 10.0 Å². The van der Waals surface area contributed by atoms with E-state index in [1.165, 1.54) is 23.9 Å². The third-order valence-electron chi connectivity index (χ3n) is 3.56. The second-order valence-corrected chi connectivity index (χ2v) is 7.86. The minimum atomic E-state index is -3.57. The third-order valence-corrected chi connectivity index (χ3v) is 6.05. The number of Topliss-reactive ketones (excluding diaryl/α,β-unsaturated/α-hetero) is 1. The molecule has 1 heterocycles. The average Bonchev–Trinajstić information content (AvgIpc) is 2.99. The molecule has 1 aliphatic carbocycles. The number of ketones is 1. The summed E-state index contributed by atoms with van der Waals surface area (Å²) in [5, 5.41) is 2.00. The molecule has 0 saturated heterocycles. The highest BCUT2D eigenvalue weighted by Crippen LogP contribution is 2.43. The number of hydrogen-bond donors (Lipinski definition) is 1. The molecule has 1 aromatic carbocycles. The van der Waals surface area contributed by atoms with Gasteiger partial charge in [0.25, 0.3) is 0 Å². The molecular weight excluding hydrogens is 306 g/mol. The van der Waals surface area contributed by atoms with Gasteiger partial charge in [-0.1, -0.05) is 18.2 Å². The maximum Gasteiger partial charge on any atom is 0.240 e. The Morgan fingerprint density at radius 3 is 2.76 bits per heavy atom. The van der Waals surface area contributed by atoms with Gasteiger partial charge in [0.15, 0.2) is 5.78 Å². The number of nitrogens with one attached hydrogen (secondary N) is 1. The largest absolute Gasteiger partial charge is 0.295 e. The molecule has 2 aromatic rings. The fraction of sp³-hybridized carbons (Fsp3) is 0.267. The van der Waals surface area contributed by atoms with E-state index >= 15 is 0 Å². The van der Waals surface area contributed by atoms with E-state index in [-0.39, 0.29) is 22.6 Å². The zero-order valence-corrected chi connectivity index (χ0v) is 13.1. The Bertz CT molecular complexity index is 766. The molecule has 1 aliphatic rings. The van der Waals surface area contributed by atoms with Gasteiger partial charge in [0, 0.05) is 22.4 Å². The Balaban J connectivity index is 1.76. The van der Waals surface area contributed by atoms with Gasteiger partial charge in [0.2, 0.25) is 10.0 Å². The molecule has 1 aromatic heterocycles. The SMILES string of the molecule is CC(=O)c1cccc(S(=O)(=O)NC2CC2c2cccs2)c1.